The van der Waals surface area contributed by atoms with Crippen molar-refractivity contribution in [2.75, 3.05) is 32.5 Å². The first-order valence-electron chi connectivity index (χ1n) is 11.2. The lowest BCUT2D eigenvalue weighted by atomic mass is 9.92. The zero-order chi connectivity index (χ0) is 22.6. The van der Waals surface area contributed by atoms with Gasteiger partial charge in [0.2, 0.25) is 10.0 Å². The number of hydrogen-bond acceptors (Lipinski definition) is 5. The quantitative estimate of drug-likeness (QED) is 0.614. The molecule has 1 amide bonds. The van der Waals surface area contributed by atoms with Crippen LogP contribution in [0, 0.1) is 5.92 Å². The summed E-state index contributed by atoms with van der Waals surface area (Å²) in [6, 6.07) is 5.90. The van der Waals surface area contributed by atoms with Crippen molar-refractivity contribution >= 4 is 16.1 Å². The third-order valence-corrected chi connectivity index (χ3v) is 7.19. The maximum atomic E-state index is 12.2. The van der Waals surface area contributed by atoms with Gasteiger partial charge in [0.25, 0.3) is 0 Å². The molecule has 174 valence electrons. The minimum atomic E-state index is -3.17. The van der Waals surface area contributed by atoms with Crippen LogP contribution in [0.5, 0.6) is 5.75 Å². The Morgan fingerprint density at radius 2 is 1.87 bits per heavy atom. The second-order valence-corrected chi connectivity index (χ2v) is 11.6. The van der Waals surface area contributed by atoms with Gasteiger partial charge in [-0.3, -0.25) is 0 Å². The molecule has 7 nitrogen and oxygen atoms in total. The van der Waals surface area contributed by atoms with Crippen molar-refractivity contribution in [2.24, 2.45) is 5.92 Å². The third-order valence-electron chi connectivity index (χ3n) is 5.94. The molecule has 0 bridgehead atoms. The molecule has 1 saturated heterocycles. The van der Waals surface area contributed by atoms with E-state index in [2.05, 4.69) is 0 Å². The van der Waals surface area contributed by atoms with E-state index < -0.39 is 15.6 Å². The van der Waals surface area contributed by atoms with Gasteiger partial charge in [0.05, 0.1) is 12.9 Å². The van der Waals surface area contributed by atoms with Crippen LogP contribution in [-0.2, 0) is 27.7 Å². The van der Waals surface area contributed by atoms with Crippen LogP contribution < -0.4 is 4.74 Å². The number of hydrogen-bond donors (Lipinski definition) is 0. The molecule has 31 heavy (non-hydrogen) atoms. The molecule has 1 aromatic rings. The van der Waals surface area contributed by atoms with Crippen LogP contribution in [0.4, 0.5) is 4.79 Å². The molecule has 0 spiro atoms. The summed E-state index contributed by atoms with van der Waals surface area (Å²) in [6.07, 6.45) is 5.79. The van der Waals surface area contributed by atoms with E-state index >= 15 is 0 Å². The van der Waals surface area contributed by atoms with Crippen molar-refractivity contribution in [3.05, 3.63) is 29.3 Å². The Balaban J connectivity index is 1.41. The van der Waals surface area contributed by atoms with Gasteiger partial charge in [-0.15, -0.1) is 0 Å². The van der Waals surface area contributed by atoms with Crippen molar-refractivity contribution in [3.63, 3.8) is 0 Å². The topological polar surface area (TPSA) is 76.2 Å². The van der Waals surface area contributed by atoms with Gasteiger partial charge in [-0.05, 0) is 76.0 Å². The van der Waals surface area contributed by atoms with Crippen LogP contribution in [0.1, 0.15) is 57.6 Å². The second kappa shape index (κ2) is 9.77. The lowest BCUT2D eigenvalue weighted by molar-refractivity contribution is 0.0179. The number of sulfonamides is 1. The summed E-state index contributed by atoms with van der Waals surface area (Å²) in [5.74, 6) is 1.49. The SMILES string of the molecule is CC(C)(C)OC(=O)N1CCC(CCCOc2cccc3c2CCN(S(C)(=O)=O)C3)CC1. The summed E-state index contributed by atoms with van der Waals surface area (Å²) < 4.78 is 36.7. The number of nitrogens with zero attached hydrogens (tertiary/aromatic N) is 2. The predicted molar refractivity (Wildman–Crippen MR) is 121 cm³/mol. The maximum absolute atomic E-state index is 12.2. The molecule has 0 radical (unpaired) electrons. The van der Waals surface area contributed by atoms with Crippen molar-refractivity contribution in [1.82, 2.24) is 9.21 Å². The Labute approximate surface area is 186 Å². The first-order chi connectivity index (χ1) is 14.5. The Morgan fingerprint density at radius 3 is 2.52 bits per heavy atom. The summed E-state index contributed by atoms with van der Waals surface area (Å²) in [5, 5.41) is 0. The first-order valence-corrected chi connectivity index (χ1v) is 13.0. The van der Waals surface area contributed by atoms with Crippen molar-refractivity contribution < 1.29 is 22.7 Å². The number of amides is 1. The fourth-order valence-corrected chi connectivity index (χ4v) is 5.05. The summed E-state index contributed by atoms with van der Waals surface area (Å²) >= 11 is 0. The number of carbonyl (C=O) groups excluding carboxylic acids is 1. The number of carbonyl (C=O) groups is 1. The molecule has 0 saturated carbocycles. The van der Waals surface area contributed by atoms with E-state index in [0.717, 1.165) is 55.6 Å². The molecular weight excluding hydrogens is 416 g/mol. The number of piperidine rings is 1. The molecule has 8 heteroatoms. The van der Waals surface area contributed by atoms with Gasteiger partial charge in [-0.25, -0.2) is 13.2 Å². The van der Waals surface area contributed by atoms with Gasteiger partial charge in [-0.2, -0.15) is 4.31 Å². The fraction of sp³-hybridized carbons (Fsp3) is 0.696. The molecule has 0 aliphatic carbocycles. The highest BCUT2D eigenvalue weighted by Crippen LogP contribution is 2.29. The van der Waals surface area contributed by atoms with Crippen molar-refractivity contribution in [2.45, 2.75) is 65.0 Å². The van der Waals surface area contributed by atoms with Gasteiger partial charge >= 0.3 is 6.09 Å². The highest BCUT2D eigenvalue weighted by molar-refractivity contribution is 7.88. The minimum absolute atomic E-state index is 0.211. The lowest BCUT2D eigenvalue weighted by Crippen LogP contribution is -2.41. The number of fused-ring (bicyclic) bond motifs is 1. The van der Waals surface area contributed by atoms with Crippen LogP contribution in [0.15, 0.2) is 18.2 Å². The van der Waals surface area contributed by atoms with Crippen LogP contribution >= 0.6 is 0 Å². The molecule has 0 atom stereocenters. The first kappa shape index (κ1) is 23.9. The molecule has 0 aromatic heterocycles. The molecule has 2 aliphatic heterocycles. The number of ether oxygens (including phenoxy) is 2. The van der Waals surface area contributed by atoms with Crippen LogP contribution in [0.3, 0.4) is 0 Å². The average molecular weight is 453 g/mol. The van der Waals surface area contributed by atoms with Gasteiger partial charge < -0.3 is 14.4 Å². The van der Waals surface area contributed by atoms with E-state index in [1.54, 1.807) is 0 Å². The van der Waals surface area contributed by atoms with E-state index in [1.807, 2.05) is 43.9 Å². The summed E-state index contributed by atoms with van der Waals surface area (Å²) in [4.78, 5) is 14.0. The molecule has 3 rings (SSSR count). The third kappa shape index (κ3) is 6.84. The van der Waals surface area contributed by atoms with Gasteiger partial charge in [-0.1, -0.05) is 12.1 Å². The van der Waals surface area contributed by atoms with E-state index in [9.17, 15) is 13.2 Å². The Bertz CT molecular complexity index is 870. The zero-order valence-corrected chi connectivity index (χ0v) is 20.0. The van der Waals surface area contributed by atoms with E-state index in [-0.39, 0.29) is 6.09 Å². The van der Waals surface area contributed by atoms with Gasteiger partial charge in [0.15, 0.2) is 0 Å². The second-order valence-electron chi connectivity index (χ2n) is 9.64. The molecule has 0 unspecified atom stereocenters. The molecule has 2 aliphatic rings. The fourth-order valence-electron chi connectivity index (χ4n) is 4.25. The van der Waals surface area contributed by atoms with Crippen LogP contribution in [0.2, 0.25) is 0 Å². The van der Waals surface area contributed by atoms with E-state index in [0.29, 0.717) is 32.0 Å². The molecule has 1 fully saturated rings. The number of rotatable bonds is 6. The van der Waals surface area contributed by atoms with Crippen molar-refractivity contribution in [3.8, 4) is 5.75 Å². The minimum Gasteiger partial charge on any atom is -0.493 e. The summed E-state index contributed by atoms with van der Waals surface area (Å²) in [6.45, 7) is 8.76. The number of benzene rings is 1. The zero-order valence-electron chi connectivity index (χ0n) is 19.2. The Kier molecular flexibility index (Phi) is 7.52. The van der Waals surface area contributed by atoms with Crippen LogP contribution in [0.25, 0.3) is 0 Å². The lowest BCUT2D eigenvalue weighted by Gasteiger charge is -2.33. The monoisotopic (exact) mass is 452 g/mol. The molecule has 0 N–H and O–H groups in total. The van der Waals surface area contributed by atoms with Gasteiger partial charge in [0.1, 0.15) is 11.4 Å². The summed E-state index contributed by atoms with van der Waals surface area (Å²) in [5.41, 5.74) is 1.71. The standard InChI is InChI=1S/C23H36N2O5S/c1-23(2,3)30-22(26)24-13-10-18(11-14-24)7-6-16-29-21-9-5-8-19-17-25(31(4,27)28)15-12-20(19)21/h5,8-9,18H,6-7,10-17H2,1-4H3. The molecule has 2 heterocycles. The summed E-state index contributed by atoms with van der Waals surface area (Å²) in [7, 11) is -3.17. The highest BCUT2D eigenvalue weighted by atomic mass is 32.2. The van der Waals surface area contributed by atoms with E-state index in [4.69, 9.17) is 9.47 Å². The molecular formula is C23H36N2O5S. The normalized spacial score (nSPS) is 18.5. The van der Waals surface area contributed by atoms with Crippen LogP contribution in [-0.4, -0.2) is 61.8 Å². The smallest absolute Gasteiger partial charge is 0.410 e. The van der Waals surface area contributed by atoms with Gasteiger partial charge in [0, 0.05) is 26.2 Å². The maximum Gasteiger partial charge on any atom is 0.410 e. The highest BCUT2D eigenvalue weighted by Gasteiger charge is 2.27. The van der Waals surface area contributed by atoms with Crippen molar-refractivity contribution in [1.29, 1.82) is 0 Å². The number of likely N-dealkylation sites (tertiary alicyclic amines) is 1. The largest absolute Gasteiger partial charge is 0.493 e. The molecule has 1 aromatic carbocycles. The predicted octanol–water partition coefficient (Wildman–Crippen LogP) is 3.81. The Hall–Kier alpha value is -1.80. The Morgan fingerprint density at radius 1 is 1.16 bits per heavy atom. The van der Waals surface area contributed by atoms with E-state index in [1.165, 1.54) is 10.6 Å². The average Bonchev–Trinajstić information content (AvgIpc) is 2.69.